The fourth-order valence-corrected chi connectivity index (χ4v) is 3.85. The maximum atomic E-state index is 11.2. The highest BCUT2D eigenvalue weighted by molar-refractivity contribution is 7.85. The summed E-state index contributed by atoms with van der Waals surface area (Å²) in [5, 5.41) is 0. The number of imidazole rings is 1. The summed E-state index contributed by atoms with van der Waals surface area (Å²) in [5.41, 5.74) is 6.64. The van der Waals surface area contributed by atoms with Crippen LogP contribution in [0.4, 0.5) is 0 Å². The molecule has 0 aliphatic heterocycles. The minimum atomic E-state index is -4.19. The summed E-state index contributed by atoms with van der Waals surface area (Å²) in [6.45, 7) is 0.488. The first-order chi connectivity index (χ1) is 14.0. The Morgan fingerprint density at radius 3 is 2.59 bits per heavy atom. The fourth-order valence-electron chi connectivity index (χ4n) is 3.37. The van der Waals surface area contributed by atoms with E-state index in [0.29, 0.717) is 6.54 Å². The van der Waals surface area contributed by atoms with E-state index in [4.69, 9.17) is 4.55 Å². The van der Waals surface area contributed by atoms with Gasteiger partial charge in [0.15, 0.2) is 0 Å². The highest BCUT2D eigenvalue weighted by atomic mass is 32.2. The summed E-state index contributed by atoms with van der Waals surface area (Å²) < 4.78 is 33.3. The molecule has 0 aliphatic rings. The average molecular weight is 403 g/mol. The van der Waals surface area contributed by atoms with Gasteiger partial charge in [-0.15, -0.1) is 0 Å². The molecule has 2 N–H and O–H groups in total. The van der Waals surface area contributed by atoms with E-state index in [-0.39, 0.29) is 4.90 Å². The van der Waals surface area contributed by atoms with Gasteiger partial charge in [0, 0.05) is 6.07 Å². The van der Waals surface area contributed by atoms with Gasteiger partial charge in [0.1, 0.15) is 6.54 Å². The quantitative estimate of drug-likeness (QED) is 0.449. The van der Waals surface area contributed by atoms with Gasteiger partial charge >= 0.3 is 6.33 Å². The third-order valence-electron chi connectivity index (χ3n) is 4.87. The van der Waals surface area contributed by atoms with Crippen molar-refractivity contribution >= 4 is 32.2 Å². The summed E-state index contributed by atoms with van der Waals surface area (Å²) in [6.07, 6.45) is 4.67. The largest absolute Gasteiger partial charge is 0.384 e. The molecule has 2 heterocycles. The Bertz CT molecular complexity index is 1450. The third kappa shape index (κ3) is 3.23. The first-order valence-electron chi connectivity index (χ1n) is 8.85. The molecule has 0 bridgehead atoms. The predicted molar refractivity (Wildman–Crippen MR) is 107 cm³/mol. The fraction of sp³-hybridized carbons (Fsp3) is 0.0476. The van der Waals surface area contributed by atoms with Gasteiger partial charge in [0.05, 0.1) is 22.3 Å². The number of hydrogen-bond acceptors (Lipinski definition) is 3. The van der Waals surface area contributed by atoms with Gasteiger partial charge in [-0.25, -0.2) is 4.98 Å². The van der Waals surface area contributed by atoms with Crippen molar-refractivity contribution in [2.75, 3.05) is 0 Å². The van der Waals surface area contributed by atoms with Crippen LogP contribution in [0.5, 0.6) is 0 Å². The molecule has 0 fully saturated rings. The maximum absolute atomic E-state index is 11.2. The molecule has 2 aromatic heterocycles. The molecule has 142 valence electrons. The lowest BCUT2D eigenvalue weighted by atomic mass is 10.0. The number of H-pyrrole nitrogens is 1. The molecule has 0 saturated carbocycles. The van der Waals surface area contributed by atoms with E-state index in [0.717, 1.165) is 38.8 Å². The predicted octanol–water partition coefficient (Wildman–Crippen LogP) is 2.88. The molecule has 5 rings (SSSR count). The van der Waals surface area contributed by atoms with Crippen molar-refractivity contribution in [2.24, 2.45) is 0 Å². The van der Waals surface area contributed by atoms with Crippen LogP contribution in [-0.2, 0) is 16.7 Å². The molecular weight excluding hydrogens is 388 g/mol. The van der Waals surface area contributed by atoms with Crippen LogP contribution in [0, 0.1) is 6.33 Å². The first-order valence-corrected chi connectivity index (χ1v) is 10.3. The topological polar surface area (TPSA) is 102 Å². The van der Waals surface area contributed by atoms with E-state index >= 15 is 0 Å². The highest BCUT2D eigenvalue weighted by Gasteiger charge is 2.15. The van der Waals surface area contributed by atoms with Gasteiger partial charge in [0.2, 0.25) is 5.52 Å². The van der Waals surface area contributed by atoms with Crippen LogP contribution in [0.25, 0.3) is 33.2 Å². The lowest BCUT2D eigenvalue weighted by molar-refractivity contribution is -0.258. The molecule has 0 amide bonds. The smallest absolute Gasteiger partial charge is 0.345 e. The van der Waals surface area contributed by atoms with Gasteiger partial charge in [-0.3, -0.25) is 4.55 Å². The summed E-state index contributed by atoms with van der Waals surface area (Å²) in [6, 6.07) is 18.2. The Hall–Kier alpha value is -3.67. The third-order valence-corrected chi connectivity index (χ3v) is 5.74. The lowest BCUT2D eigenvalue weighted by Crippen LogP contribution is -2.00. The molecule has 0 saturated heterocycles. The van der Waals surface area contributed by atoms with Gasteiger partial charge in [-0.2, -0.15) is 18.0 Å². The number of fused-ring (bicyclic) bond motifs is 2. The molecule has 0 radical (unpaired) electrons. The van der Waals surface area contributed by atoms with Crippen LogP contribution in [0.1, 0.15) is 5.56 Å². The first kappa shape index (κ1) is 17.4. The number of benzene rings is 3. The second-order valence-corrected chi connectivity index (χ2v) is 8.18. The Morgan fingerprint density at radius 1 is 1.03 bits per heavy atom. The van der Waals surface area contributed by atoms with Gasteiger partial charge in [0.25, 0.3) is 15.6 Å². The van der Waals surface area contributed by atoms with Crippen molar-refractivity contribution in [1.82, 2.24) is 14.5 Å². The van der Waals surface area contributed by atoms with E-state index in [1.165, 1.54) is 12.1 Å². The number of nitrogens with one attached hydrogen (secondary N) is 1. The van der Waals surface area contributed by atoms with E-state index in [1.807, 2.05) is 34.9 Å². The standard InChI is InChI=1S/C21H14N4O3S/c26-29(27,28)17-5-1-14(2-6-17)11-25-13-24-20-10-16(4-8-21(20)25)15-3-7-18-19(9-15)23-12-22-18/h1-10,12H,11H2,(H-,22,23,26,27,28)/p+1. The van der Waals surface area contributed by atoms with Crippen molar-refractivity contribution in [1.29, 1.82) is 0 Å². The van der Waals surface area contributed by atoms with Crippen molar-refractivity contribution in [3.63, 3.8) is 0 Å². The van der Waals surface area contributed by atoms with E-state index in [9.17, 15) is 8.42 Å². The van der Waals surface area contributed by atoms with Crippen molar-refractivity contribution in [2.45, 2.75) is 11.4 Å². The van der Waals surface area contributed by atoms with Crippen LogP contribution in [0.3, 0.4) is 0 Å². The van der Waals surface area contributed by atoms with Crippen molar-refractivity contribution in [3.8, 4) is 11.1 Å². The number of aromatic nitrogens is 4. The average Bonchev–Trinajstić information content (AvgIpc) is 3.34. The van der Waals surface area contributed by atoms with Gasteiger partial charge in [-0.05, 0) is 53.1 Å². The molecule has 0 aliphatic carbocycles. The minimum Gasteiger partial charge on any atom is -0.345 e. The van der Waals surface area contributed by atoms with Crippen molar-refractivity contribution in [3.05, 3.63) is 78.9 Å². The Balaban J connectivity index is 1.46. The molecule has 8 heteroatoms. The van der Waals surface area contributed by atoms with Crippen LogP contribution < -0.4 is 4.98 Å². The Kier molecular flexibility index (Phi) is 3.87. The zero-order valence-corrected chi connectivity index (χ0v) is 15.9. The molecule has 7 nitrogen and oxygen atoms in total. The summed E-state index contributed by atoms with van der Waals surface area (Å²) in [4.78, 5) is 11.6. The zero-order chi connectivity index (χ0) is 20.0. The Morgan fingerprint density at radius 2 is 1.79 bits per heavy atom. The van der Waals surface area contributed by atoms with Crippen LogP contribution in [0.15, 0.2) is 71.9 Å². The van der Waals surface area contributed by atoms with E-state index in [1.54, 1.807) is 18.5 Å². The second-order valence-electron chi connectivity index (χ2n) is 6.75. The Labute approximate surface area is 166 Å². The van der Waals surface area contributed by atoms with Crippen LogP contribution in [-0.4, -0.2) is 27.5 Å². The van der Waals surface area contributed by atoms with Gasteiger partial charge in [-0.1, -0.05) is 18.2 Å². The van der Waals surface area contributed by atoms with Crippen molar-refractivity contribution < 1.29 is 18.0 Å². The van der Waals surface area contributed by atoms with Crippen LogP contribution >= 0.6 is 0 Å². The number of nitrogens with zero attached hydrogens (tertiary/aromatic N) is 3. The van der Waals surface area contributed by atoms with E-state index in [2.05, 4.69) is 27.3 Å². The second kappa shape index (κ2) is 6.44. The molecule has 3 aromatic carbocycles. The molecule has 0 unspecified atom stereocenters. The molecule has 0 spiro atoms. The normalized spacial score (nSPS) is 11.8. The zero-order valence-electron chi connectivity index (χ0n) is 15.1. The monoisotopic (exact) mass is 403 g/mol. The SMILES string of the molecule is O=S(=O)(O)c1ccc(Cn2c#[n+]c3cc(-c4ccc5nc[nH]c5c4)ccc32)cc1. The minimum absolute atomic E-state index is 0.125. The van der Waals surface area contributed by atoms with Crippen LogP contribution in [0.2, 0.25) is 0 Å². The maximum Gasteiger partial charge on any atom is 0.384 e. The number of hydrogen-bond donors (Lipinski definition) is 2. The van der Waals surface area contributed by atoms with E-state index < -0.39 is 10.1 Å². The highest BCUT2D eigenvalue weighted by Crippen LogP contribution is 2.25. The number of rotatable bonds is 4. The summed E-state index contributed by atoms with van der Waals surface area (Å²) in [7, 11) is -4.19. The lowest BCUT2D eigenvalue weighted by Gasteiger charge is -2.02. The molecule has 29 heavy (non-hydrogen) atoms. The van der Waals surface area contributed by atoms with Gasteiger partial charge < -0.3 is 4.98 Å². The summed E-state index contributed by atoms with van der Waals surface area (Å²) >= 11 is 0. The molecule has 5 aromatic rings. The number of aromatic amines is 1. The molecular formula is C21H15N4O3S+. The molecule has 0 atom stereocenters. The summed E-state index contributed by atoms with van der Waals surface area (Å²) in [5.74, 6) is 0.